The number of nitrogens with zero attached hydrogens (tertiary/aromatic N) is 3. The summed E-state index contributed by atoms with van der Waals surface area (Å²) in [5.41, 5.74) is 3.94. The number of hydrogen-bond acceptors (Lipinski definition) is 3. The Morgan fingerprint density at radius 1 is 1.09 bits per heavy atom. The molecule has 0 spiro atoms. The van der Waals surface area contributed by atoms with Crippen molar-refractivity contribution in [1.82, 2.24) is 9.88 Å². The summed E-state index contributed by atoms with van der Waals surface area (Å²) in [6, 6.07) is 15.3. The topological polar surface area (TPSA) is 19.4 Å². The number of pyridine rings is 1. The van der Waals surface area contributed by atoms with E-state index in [0.29, 0.717) is 6.04 Å². The van der Waals surface area contributed by atoms with Gasteiger partial charge in [-0.2, -0.15) is 0 Å². The van der Waals surface area contributed by atoms with E-state index in [2.05, 4.69) is 65.2 Å². The van der Waals surface area contributed by atoms with Crippen LogP contribution in [0.25, 0.3) is 0 Å². The highest BCUT2D eigenvalue weighted by atomic mass is 15.2. The van der Waals surface area contributed by atoms with Crippen LogP contribution in [0.1, 0.15) is 37.1 Å². The van der Waals surface area contributed by atoms with Crippen LogP contribution in [0.2, 0.25) is 0 Å². The highest BCUT2D eigenvalue weighted by Crippen LogP contribution is 2.27. The normalized spacial score (nSPS) is 16.2. The number of anilines is 1. The average Bonchev–Trinajstić information content (AvgIpc) is 3.10. The Morgan fingerprint density at radius 3 is 2.55 bits per heavy atom. The molecule has 0 amide bonds. The van der Waals surface area contributed by atoms with Crippen molar-refractivity contribution < 1.29 is 0 Å². The van der Waals surface area contributed by atoms with Gasteiger partial charge in [-0.3, -0.25) is 9.88 Å². The van der Waals surface area contributed by atoms with E-state index >= 15 is 0 Å². The lowest BCUT2D eigenvalue weighted by Crippen LogP contribution is -2.25. The predicted molar refractivity (Wildman–Crippen MR) is 92.0 cm³/mol. The molecular formula is C19H25N3. The van der Waals surface area contributed by atoms with Gasteiger partial charge in [0, 0.05) is 37.6 Å². The van der Waals surface area contributed by atoms with Crippen LogP contribution in [0.3, 0.4) is 0 Å². The van der Waals surface area contributed by atoms with E-state index in [1.807, 2.05) is 12.3 Å². The summed E-state index contributed by atoms with van der Waals surface area (Å²) >= 11 is 0. The summed E-state index contributed by atoms with van der Waals surface area (Å²) in [5.74, 6) is 0. The van der Waals surface area contributed by atoms with E-state index in [1.54, 1.807) is 0 Å². The fourth-order valence-corrected chi connectivity index (χ4v) is 3.17. The van der Waals surface area contributed by atoms with Gasteiger partial charge in [-0.15, -0.1) is 0 Å². The molecule has 1 aromatic carbocycles. The molecule has 0 radical (unpaired) electrons. The van der Waals surface area contributed by atoms with Crippen LogP contribution in [0.5, 0.6) is 0 Å². The summed E-state index contributed by atoms with van der Waals surface area (Å²) in [6.45, 7) is 5.55. The Bertz CT molecular complexity index is 591. The minimum absolute atomic E-state index is 0.313. The van der Waals surface area contributed by atoms with Crippen LogP contribution < -0.4 is 4.90 Å². The second-order valence-corrected chi connectivity index (χ2v) is 6.17. The fourth-order valence-electron chi connectivity index (χ4n) is 3.17. The summed E-state index contributed by atoms with van der Waals surface area (Å²) in [5, 5.41) is 0. The molecule has 1 unspecified atom stereocenters. The Kier molecular flexibility index (Phi) is 4.74. The largest absolute Gasteiger partial charge is 0.371 e. The van der Waals surface area contributed by atoms with Crippen LogP contribution in [0.15, 0.2) is 48.7 Å². The van der Waals surface area contributed by atoms with Gasteiger partial charge in [0.1, 0.15) is 0 Å². The number of para-hydroxylation sites is 1. The maximum Gasteiger partial charge on any atom is 0.0572 e. The predicted octanol–water partition coefficient (Wildman–Crippen LogP) is 3.87. The highest BCUT2D eigenvalue weighted by Gasteiger charge is 2.18. The molecule has 2 aromatic rings. The van der Waals surface area contributed by atoms with E-state index in [-0.39, 0.29) is 0 Å². The van der Waals surface area contributed by atoms with Gasteiger partial charge in [0.15, 0.2) is 0 Å². The Hall–Kier alpha value is -1.87. The molecule has 0 saturated carbocycles. The Labute approximate surface area is 133 Å². The first-order valence-electron chi connectivity index (χ1n) is 8.20. The van der Waals surface area contributed by atoms with Gasteiger partial charge in [0.05, 0.1) is 5.69 Å². The third kappa shape index (κ3) is 3.30. The molecule has 22 heavy (non-hydrogen) atoms. The third-order valence-corrected chi connectivity index (χ3v) is 4.64. The van der Waals surface area contributed by atoms with Crippen LogP contribution in [-0.4, -0.2) is 30.0 Å². The summed E-state index contributed by atoms with van der Waals surface area (Å²) in [4.78, 5) is 9.38. The van der Waals surface area contributed by atoms with Gasteiger partial charge >= 0.3 is 0 Å². The molecule has 1 fully saturated rings. The van der Waals surface area contributed by atoms with Gasteiger partial charge < -0.3 is 4.90 Å². The molecule has 1 atom stereocenters. The van der Waals surface area contributed by atoms with E-state index < -0.39 is 0 Å². The summed E-state index contributed by atoms with van der Waals surface area (Å²) < 4.78 is 0. The average molecular weight is 295 g/mol. The van der Waals surface area contributed by atoms with Crippen molar-refractivity contribution in [2.45, 2.75) is 32.4 Å². The summed E-state index contributed by atoms with van der Waals surface area (Å²) in [6.07, 6.45) is 4.50. The smallest absolute Gasteiger partial charge is 0.0572 e. The molecule has 2 heterocycles. The van der Waals surface area contributed by atoms with Crippen LogP contribution >= 0.6 is 0 Å². The van der Waals surface area contributed by atoms with E-state index in [0.717, 1.165) is 12.2 Å². The van der Waals surface area contributed by atoms with E-state index in [9.17, 15) is 0 Å². The van der Waals surface area contributed by atoms with Gasteiger partial charge in [-0.25, -0.2) is 0 Å². The molecule has 3 nitrogen and oxygen atoms in total. The van der Waals surface area contributed by atoms with Crippen molar-refractivity contribution in [3.63, 3.8) is 0 Å². The van der Waals surface area contributed by atoms with Crippen molar-refractivity contribution in [2.75, 3.05) is 25.0 Å². The maximum atomic E-state index is 4.49. The highest BCUT2D eigenvalue weighted by molar-refractivity contribution is 5.54. The standard InChI is InChI=1S/C19H25N3/c1-16(18-10-5-6-12-20-18)21(2)15-17-9-3-4-11-19(17)22-13-7-8-14-22/h3-6,9-12,16H,7-8,13-15H2,1-2H3. The zero-order valence-electron chi connectivity index (χ0n) is 13.6. The zero-order chi connectivity index (χ0) is 15.4. The lowest BCUT2D eigenvalue weighted by molar-refractivity contribution is 0.249. The van der Waals surface area contributed by atoms with Gasteiger partial charge in [-0.1, -0.05) is 24.3 Å². The molecule has 0 N–H and O–H groups in total. The number of rotatable bonds is 5. The Morgan fingerprint density at radius 2 is 1.82 bits per heavy atom. The van der Waals surface area contributed by atoms with Crippen LogP contribution in [0.4, 0.5) is 5.69 Å². The number of aromatic nitrogens is 1. The Balaban J connectivity index is 1.75. The molecule has 0 aliphatic carbocycles. The lowest BCUT2D eigenvalue weighted by Gasteiger charge is -2.27. The van der Waals surface area contributed by atoms with Crippen molar-refractivity contribution >= 4 is 5.69 Å². The monoisotopic (exact) mass is 295 g/mol. The summed E-state index contributed by atoms with van der Waals surface area (Å²) in [7, 11) is 2.18. The van der Waals surface area contributed by atoms with Crippen LogP contribution in [-0.2, 0) is 6.54 Å². The van der Waals surface area contributed by atoms with Crippen molar-refractivity contribution in [3.05, 3.63) is 59.9 Å². The second kappa shape index (κ2) is 6.93. The second-order valence-electron chi connectivity index (χ2n) is 6.17. The minimum Gasteiger partial charge on any atom is -0.371 e. The van der Waals surface area contributed by atoms with Crippen molar-refractivity contribution in [1.29, 1.82) is 0 Å². The molecule has 1 aromatic heterocycles. The minimum atomic E-state index is 0.313. The molecule has 0 bridgehead atoms. The van der Waals surface area contributed by atoms with Crippen molar-refractivity contribution in [2.24, 2.45) is 0 Å². The first kappa shape index (κ1) is 15.0. The molecule has 1 aliphatic heterocycles. The first-order valence-corrected chi connectivity index (χ1v) is 8.20. The molecule has 1 aliphatic rings. The number of benzene rings is 1. The maximum absolute atomic E-state index is 4.49. The van der Waals surface area contributed by atoms with E-state index in [4.69, 9.17) is 0 Å². The zero-order valence-corrected chi connectivity index (χ0v) is 13.6. The van der Waals surface area contributed by atoms with Crippen LogP contribution in [0, 0.1) is 0 Å². The molecule has 3 heteroatoms. The first-order chi connectivity index (χ1) is 10.8. The van der Waals surface area contributed by atoms with E-state index in [1.165, 1.54) is 37.2 Å². The van der Waals surface area contributed by atoms with Gasteiger partial charge in [-0.05, 0) is 50.6 Å². The quantitative estimate of drug-likeness (QED) is 0.834. The van der Waals surface area contributed by atoms with Gasteiger partial charge in [0.25, 0.3) is 0 Å². The molecular weight excluding hydrogens is 270 g/mol. The fraction of sp³-hybridized carbons (Fsp3) is 0.421. The van der Waals surface area contributed by atoms with Crippen molar-refractivity contribution in [3.8, 4) is 0 Å². The SMILES string of the molecule is CC(c1ccccn1)N(C)Cc1ccccc1N1CCCC1. The lowest BCUT2D eigenvalue weighted by atomic mass is 10.1. The third-order valence-electron chi connectivity index (χ3n) is 4.64. The number of hydrogen-bond donors (Lipinski definition) is 0. The molecule has 116 valence electrons. The molecule has 3 rings (SSSR count). The van der Waals surface area contributed by atoms with Gasteiger partial charge in [0.2, 0.25) is 0 Å². The molecule has 1 saturated heterocycles.